The highest BCUT2D eigenvalue weighted by Crippen LogP contribution is 2.09. The Morgan fingerprint density at radius 3 is 2.60 bits per heavy atom. The number of rotatable bonds is 7. The van der Waals surface area contributed by atoms with Crippen LogP contribution >= 0.6 is 0 Å². The van der Waals surface area contributed by atoms with E-state index < -0.39 is 0 Å². The molecule has 0 saturated carbocycles. The van der Waals surface area contributed by atoms with E-state index in [9.17, 15) is 14.0 Å². The van der Waals surface area contributed by atoms with Gasteiger partial charge in [0.25, 0.3) is 0 Å². The molecule has 5 nitrogen and oxygen atoms in total. The van der Waals surface area contributed by atoms with Crippen LogP contribution in [-0.4, -0.2) is 60.4 Å². The first kappa shape index (κ1) is 19.4. The van der Waals surface area contributed by atoms with Crippen LogP contribution in [0.1, 0.15) is 32.3 Å². The van der Waals surface area contributed by atoms with Gasteiger partial charge < -0.3 is 10.2 Å². The fraction of sp³-hybridized carbons (Fsp3) is 0.579. The van der Waals surface area contributed by atoms with Gasteiger partial charge in [0.1, 0.15) is 5.82 Å². The predicted molar refractivity (Wildman–Crippen MR) is 95.6 cm³/mol. The zero-order chi connectivity index (χ0) is 18.2. The minimum absolute atomic E-state index is 0.0419. The standard InChI is InChI=1S/C19H28FN3O2/c1-3-15(2)21-18(24)14-22-9-11-23(12-10-22)19(25)8-7-16-5-4-6-17(20)13-16/h4-6,13,15H,3,7-12,14H2,1-2H3,(H,21,24). The number of carbonyl (C=O) groups excluding carboxylic acids is 2. The molecule has 1 N–H and O–H groups in total. The van der Waals surface area contributed by atoms with E-state index in [4.69, 9.17) is 0 Å². The van der Waals surface area contributed by atoms with Crippen LogP contribution < -0.4 is 5.32 Å². The number of carbonyl (C=O) groups is 2. The first-order valence-corrected chi connectivity index (χ1v) is 9.02. The third kappa shape index (κ3) is 6.46. The van der Waals surface area contributed by atoms with Crippen LogP contribution in [0.5, 0.6) is 0 Å². The number of nitrogens with one attached hydrogen (secondary N) is 1. The van der Waals surface area contributed by atoms with E-state index in [1.807, 2.05) is 24.8 Å². The Morgan fingerprint density at radius 2 is 1.96 bits per heavy atom. The largest absolute Gasteiger partial charge is 0.353 e. The SMILES string of the molecule is CCC(C)NC(=O)CN1CCN(C(=O)CCc2cccc(F)c2)CC1. The van der Waals surface area contributed by atoms with Crippen LogP contribution in [0.4, 0.5) is 4.39 Å². The fourth-order valence-electron chi connectivity index (χ4n) is 2.88. The molecule has 1 saturated heterocycles. The minimum Gasteiger partial charge on any atom is -0.353 e. The van der Waals surface area contributed by atoms with E-state index in [-0.39, 0.29) is 23.7 Å². The lowest BCUT2D eigenvalue weighted by molar-refractivity contribution is -0.133. The lowest BCUT2D eigenvalue weighted by atomic mass is 10.1. The maximum Gasteiger partial charge on any atom is 0.234 e. The number of halogens is 1. The summed E-state index contributed by atoms with van der Waals surface area (Å²) < 4.78 is 13.2. The van der Waals surface area contributed by atoms with Crippen molar-refractivity contribution in [2.75, 3.05) is 32.7 Å². The van der Waals surface area contributed by atoms with Gasteiger partial charge in [-0.15, -0.1) is 0 Å². The van der Waals surface area contributed by atoms with Crippen molar-refractivity contribution in [3.05, 3.63) is 35.6 Å². The Labute approximate surface area is 149 Å². The second kappa shape index (κ2) is 9.51. The molecule has 1 aromatic rings. The molecular weight excluding hydrogens is 321 g/mol. The van der Waals surface area contributed by atoms with Gasteiger partial charge in [0.15, 0.2) is 0 Å². The molecule has 0 aromatic heterocycles. The quantitative estimate of drug-likeness (QED) is 0.817. The molecule has 1 heterocycles. The molecule has 0 radical (unpaired) electrons. The van der Waals surface area contributed by atoms with Crippen molar-refractivity contribution in [1.29, 1.82) is 0 Å². The van der Waals surface area contributed by atoms with E-state index in [1.54, 1.807) is 6.07 Å². The molecule has 1 fully saturated rings. The number of hydrogen-bond acceptors (Lipinski definition) is 3. The van der Waals surface area contributed by atoms with Crippen molar-refractivity contribution in [2.45, 2.75) is 39.2 Å². The number of hydrogen-bond donors (Lipinski definition) is 1. The minimum atomic E-state index is -0.269. The number of amides is 2. The zero-order valence-corrected chi connectivity index (χ0v) is 15.1. The van der Waals surface area contributed by atoms with E-state index in [0.29, 0.717) is 45.6 Å². The molecule has 25 heavy (non-hydrogen) atoms. The Kier molecular flexibility index (Phi) is 7.37. The monoisotopic (exact) mass is 349 g/mol. The summed E-state index contributed by atoms with van der Waals surface area (Å²) in [6, 6.07) is 6.57. The number of nitrogens with zero attached hydrogens (tertiary/aromatic N) is 2. The van der Waals surface area contributed by atoms with E-state index in [2.05, 4.69) is 10.2 Å². The van der Waals surface area contributed by atoms with Crippen LogP contribution in [0.2, 0.25) is 0 Å². The first-order chi connectivity index (χ1) is 12.0. The molecule has 0 spiro atoms. The molecule has 6 heteroatoms. The van der Waals surface area contributed by atoms with E-state index in [0.717, 1.165) is 12.0 Å². The highest BCUT2D eigenvalue weighted by molar-refractivity contribution is 5.78. The lowest BCUT2D eigenvalue weighted by Gasteiger charge is -2.34. The average molecular weight is 349 g/mol. The number of aryl methyl sites for hydroxylation is 1. The van der Waals surface area contributed by atoms with Gasteiger partial charge in [-0.05, 0) is 37.5 Å². The van der Waals surface area contributed by atoms with Crippen LogP contribution in [-0.2, 0) is 16.0 Å². The molecule has 1 aliphatic rings. The van der Waals surface area contributed by atoms with Crippen LogP contribution in [0.3, 0.4) is 0 Å². The van der Waals surface area contributed by atoms with Crippen LogP contribution in [0.25, 0.3) is 0 Å². The fourth-order valence-corrected chi connectivity index (χ4v) is 2.88. The molecule has 1 aromatic carbocycles. The number of piperazine rings is 1. The summed E-state index contributed by atoms with van der Waals surface area (Å²) in [7, 11) is 0. The normalized spacial score (nSPS) is 16.5. The maximum absolute atomic E-state index is 13.2. The summed E-state index contributed by atoms with van der Waals surface area (Å²) in [6.07, 6.45) is 1.85. The first-order valence-electron chi connectivity index (χ1n) is 9.02. The van der Waals surface area contributed by atoms with Crippen LogP contribution in [0.15, 0.2) is 24.3 Å². The molecular formula is C19H28FN3O2. The summed E-state index contributed by atoms with van der Waals surface area (Å²) in [5.74, 6) is -0.137. The third-order valence-electron chi connectivity index (χ3n) is 4.63. The van der Waals surface area contributed by atoms with Gasteiger partial charge in [-0.2, -0.15) is 0 Å². The maximum atomic E-state index is 13.2. The molecule has 1 atom stereocenters. The van der Waals surface area contributed by atoms with Gasteiger partial charge in [-0.25, -0.2) is 4.39 Å². The predicted octanol–water partition coefficient (Wildman–Crippen LogP) is 1.82. The van der Waals surface area contributed by atoms with Gasteiger partial charge in [0.2, 0.25) is 11.8 Å². The van der Waals surface area contributed by atoms with Gasteiger partial charge in [0, 0.05) is 38.6 Å². The van der Waals surface area contributed by atoms with Crippen molar-refractivity contribution in [3.63, 3.8) is 0 Å². The molecule has 1 unspecified atom stereocenters. The van der Waals surface area contributed by atoms with Crippen molar-refractivity contribution in [2.24, 2.45) is 0 Å². The Morgan fingerprint density at radius 1 is 1.24 bits per heavy atom. The third-order valence-corrected chi connectivity index (χ3v) is 4.63. The second-order valence-electron chi connectivity index (χ2n) is 6.66. The molecule has 2 rings (SSSR count). The van der Waals surface area contributed by atoms with Gasteiger partial charge in [-0.3, -0.25) is 14.5 Å². The lowest BCUT2D eigenvalue weighted by Crippen LogP contribution is -2.51. The van der Waals surface area contributed by atoms with E-state index in [1.165, 1.54) is 12.1 Å². The summed E-state index contributed by atoms with van der Waals surface area (Å²) in [6.45, 7) is 7.11. The van der Waals surface area contributed by atoms with Crippen LogP contribution in [0, 0.1) is 5.82 Å². The molecule has 138 valence electrons. The van der Waals surface area contributed by atoms with E-state index >= 15 is 0 Å². The highest BCUT2D eigenvalue weighted by Gasteiger charge is 2.22. The second-order valence-corrected chi connectivity index (χ2v) is 6.66. The average Bonchev–Trinajstić information content (AvgIpc) is 2.60. The Balaban J connectivity index is 1.70. The van der Waals surface area contributed by atoms with Crippen molar-refractivity contribution < 1.29 is 14.0 Å². The Bertz CT molecular complexity index is 586. The molecule has 0 bridgehead atoms. The number of benzene rings is 1. The van der Waals surface area contributed by atoms with Gasteiger partial charge >= 0.3 is 0 Å². The highest BCUT2D eigenvalue weighted by atomic mass is 19.1. The van der Waals surface area contributed by atoms with Crippen molar-refractivity contribution >= 4 is 11.8 Å². The topological polar surface area (TPSA) is 52.7 Å². The van der Waals surface area contributed by atoms with Gasteiger partial charge in [-0.1, -0.05) is 19.1 Å². The summed E-state index contributed by atoms with van der Waals surface area (Å²) in [4.78, 5) is 28.1. The van der Waals surface area contributed by atoms with Crippen molar-refractivity contribution in [3.8, 4) is 0 Å². The van der Waals surface area contributed by atoms with Crippen molar-refractivity contribution in [1.82, 2.24) is 15.1 Å². The molecule has 1 aliphatic heterocycles. The summed E-state index contributed by atoms with van der Waals surface area (Å²) in [5.41, 5.74) is 0.841. The summed E-state index contributed by atoms with van der Waals surface area (Å²) in [5, 5.41) is 2.96. The van der Waals surface area contributed by atoms with Gasteiger partial charge in [0.05, 0.1) is 6.54 Å². The summed E-state index contributed by atoms with van der Waals surface area (Å²) >= 11 is 0. The zero-order valence-electron chi connectivity index (χ0n) is 15.1. The molecule has 2 amide bonds. The smallest absolute Gasteiger partial charge is 0.234 e. The Hall–Kier alpha value is -1.95. The molecule has 0 aliphatic carbocycles.